The van der Waals surface area contributed by atoms with Crippen LogP contribution in [0.4, 0.5) is 0 Å². The number of piperidine rings is 1. The van der Waals surface area contributed by atoms with E-state index in [1.165, 1.54) is 27.1 Å². The monoisotopic (exact) mass is 357 g/mol. The van der Waals surface area contributed by atoms with E-state index in [2.05, 4.69) is 20.2 Å². The summed E-state index contributed by atoms with van der Waals surface area (Å²) in [5.41, 5.74) is 0.461. The fourth-order valence-corrected chi connectivity index (χ4v) is 3.38. The van der Waals surface area contributed by atoms with Crippen LogP contribution in [0.5, 0.6) is 11.8 Å². The van der Waals surface area contributed by atoms with Gasteiger partial charge < -0.3 is 14.4 Å². The molecule has 8 heteroatoms. The zero-order valence-electron chi connectivity index (χ0n) is 15.1. The molecule has 0 atom stereocenters. The third-order valence-corrected chi connectivity index (χ3v) is 5.10. The number of aromatic nitrogens is 4. The van der Waals surface area contributed by atoms with E-state index in [9.17, 15) is 4.79 Å². The molecule has 1 aliphatic carbocycles. The van der Waals surface area contributed by atoms with Gasteiger partial charge in [0, 0.05) is 31.0 Å². The van der Waals surface area contributed by atoms with E-state index in [-0.39, 0.29) is 5.91 Å². The van der Waals surface area contributed by atoms with Crippen LogP contribution in [0.15, 0.2) is 12.1 Å². The summed E-state index contributed by atoms with van der Waals surface area (Å²) in [6, 6.07) is 3.38. The molecule has 4 rings (SSSR count). The number of pyridine rings is 1. The van der Waals surface area contributed by atoms with Gasteiger partial charge in [-0.25, -0.2) is 4.98 Å². The fourth-order valence-electron chi connectivity index (χ4n) is 3.38. The molecule has 26 heavy (non-hydrogen) atoms. The molecule has 1 saturated heterocycles. The summed E-state index contributed by atoms with van der Waals surface area (Å²) < 4.78 is 10.4. The van der Waals surface area contributed by atoms with Gasteiger partial charge in [0.25, 0.3) is 5.91 Å². The molecule has 2 aromatic rings. The number of likely N-dealkylation sites (tertiary alicyclic amines) is 1. The molecule has 1 saturated carbocycles. The predicted octanol–water partition coefficient (Wildman–Crippen LogP) is 2.11. The maximum absolute atomic E-state index is 12.9. The molecule has 138 valence electrons. The highest BCUT2D eigenvalue weighted by molar-refractivity contribution is 5.96. The number of hydrogen-bond acceptors (Lipinski definition) is 6. The van der Waals surface area contributed by atoms with Gasteiger partial charge in [-0.05, 0) is 31.7 Å². The number of nitrogens with zero attached hydrogens (tertiary/aromatic N) is 4. The molecule has 2 aromatic heterocycles. The Labute approximate surface area is 151 Å². The standard InChI is InChI=1S/C18H23N5O3/c1-25-14-6-5-13(17(19-14)26-2)18(24)23-9-7-12(8-10-23)16-20-15(21-22-16)11-3-4-11/h5-6,11-12H,3-4,7-10H2,1-2H3,(H,20,21,22). The molecule has 1 N–H and O–H groups in total. The highest BCUT2D eigenvalue weighted by Crippen LogP contribution is 2.38. The Bertz CT molecular complexity index is 794. The van der Waals surface area contributed by atoms with E-state index in [0.717, 1.165) is 24.5 Å². The van der Waals surface area contributed by atoms with Crippen LogP contribution in [0.1, 0.15) is 59.5 Å². The van der Waals surface area contributed by atoms with Gasteiger partial charge in [0.2, 0.25) is 11.8 Å². The van der Waals surface area contributed by atoms with Crippen molar-refractivity contribution in [3.63, 3.8) is 0 Å². The lowest BCUT2D eigenvalue weighted by Gasteiger charge is -2.31. The smallest absolute Gasteiger partial charge is 0.259 e. The molecular weight excluding hydrogens is 334 g/mol. The quantitative estimate of drug-likeness (QED) is 0.881. The number of amides is 1. The van der Waals surface area contributed by atoms with Crippen molar-refractivity contribution in [2.24, 2.45) is 0 Å². The first-order valence-electron chi connectivity index (χ1n) is 9.00. The van der Waals surface area contributed by atoms with Gasteiger partial charge in [-0.2, -0.15) is 10.1 Å². The lowest BCUT2D eigenvalue weighted by atomic mass is 9.95. The number of carbonyl (C=O) groups excluding carboxylic acids is 1. The molecule has 0 bridgehead atoms. The van der Waals surface area contributed by atoms with Crippen LogP contribution in [-0.2, 0) is 0 Å². The molecule has 8 nitrogen and oxygen atoms in total. The van der Waals surface area contributed by atoms with Crippen molar-refractivity contribution in [3.8, 4) is 11.8 Å². The van der Waals surface area contributed by atoms with Crippen molar-refractivity contribution in [2.45, 2.75) is 37.5 Å². The number of rotatable bonds is 5. The number of carbonyl (C=O) groups is 1. The highest BCUT2D eigenvalue weighted by Gasteiger charge is 2.31. The molecule has 1 aliphatic heterocycles. The van der Waals surface area contributed by atoms with Crippen LogP contribution in [0.25, 0.3) is 0 Å². The Morgan fingerprint density at radius 2 is 1.85 bits per heavy atom. The normalized spacial score (nSPS) is 18.0. The molecule has 2 aliphatic rings. The lowest BCUT2D eigenvalue weighted by molar-refractivity contribution is 0.0706. The lowest BCUT2D eigenvalue weighted by Crippen LogP contribution is -2.38. The number of nitrogens with one attached hydrogen (secondary N) is 1. The molecule has 0 unspecified atom stereocenters. The number of ether oxygens (including phenoxy) is 2. The minimum atomic E-state index is -0.0632. The second-order valence-corrected chi connectivity index (χ2v) is 6.83. The van der Waals surface area contributed by atoms with E-state index in [0.29, 0.717) is 42.2 Å². The summed E-state index contributed by atoms with van der Waals surface area (Å²) in [4.78, 5) is 23.6. The average molecular weight is 357 g/mol. The van der Waals surface area contributed by atoms with Gasteiger partial charge in [0.05, 0.1) is 14.2 Å². The second-order valence-electron chi connectivity index (χ2n) is 6.83. The first-order chi connectivity index (χ1) is 12.7. The van der Waals surface area contributed by atoms with Crippen LogP contribution < -0.4 is 9.47 Å². The molecule has 1 amide bonds. The topological polar surface area (TPSA) is 93.2 Å². The number of hydrogen-bond donors (Lipinski definition) is 1. The summed E-state index contributed by atoms with van der Waals surface area (Å²) in [5.74, 6) is 3.45. The van der Waals surface area contributed by atoms with Crippen molar-refractivity contribution in [3.05, 3.63) is 29.3 Å². The Morgan fingerprint density at radius 1 is 1.08 bits per heavy atom. The van der Waals surface area contributed by atoms with Crippen molar-refractivity contribution in [2.75, 3.05) is 27.3 Å². The van der Waals surface area contributed by atoms with E-state index in [1.807, 2.05) is 4.90 Å². The van der Waals surface area contributed by atoms with Crippen LogP contribution >= 0.6 is 0 Å². The van der Waals surface area contributed by atoms with Crippen LogP contribution in [0.3, 0.4) is 0 Å². The largest absolute Gasteiger partial charge is 0.481 e. The first kappa shape index (κ1) is 16.8. The van der Waals surface area contributed by atoms with E-state index in [1.54, 1.807) is 12.1 Å². The Balaban J connectivity index is 1.41. The SMILES string of the molecule is COc1ccc(C(=O)N2CCC(c3nc(C4CC4)n[nH]3)CC2)c(OC)n1. The van der Waals surface area contributed by atoms with Gasteiger partial charge in [-0.3, -0.25) is 9.89 Å². The zero-order valence-corrected chi connectivity index (χ0v) is 15.1. The number of methoxy groups -OCH3 is 2. The Kier molecular flexibility index (Phi) is 4.48. The summed E-state index contributed by atoms with van der Waals surface area (Å²) >= 11 is 0. The average Bonchev–Trinajstić information content (AvgIpc) is 3.43. The van der Waals surface area contributed by atoms with Gasteiger partial charge in [-0.15, -0.1) is 0 Å². The first-order valence-corrected chi connectivity index (χ1v) is 9.00. The van der Waals surface area contributed by atoms with Crippen molar-refractivity contribution in [1.29, 1.82) is 0 Å². The van der Waals surface area contributed by atoms with Gasteiger partial charge in [-0.1, -0.05) is 0 Å². The summed E-state index contributed by atoms with van der Waals surface area (Å²) in [6.07, 6.45) is 4.14. The minimum Gasteiger partial charge on any atom is -0.481 e. The minimum absolute atomic E-state index is 0.0632. The van der Waals surface area contributed by atoms with E-state index < -0.39 is 0 Å². The Morgan fingerprint density at radius 3 is 2.50 bits per heavy atom. The predicted molar refractivity (Wildman–Crippen MR) is 93.6 cm³/mol. The highest BCUT2D eigenvalue weighted by atomic mass is 16.5. The van der Waals surface area contributed by atoms with Crippen molar-refractivity contribution < 1.29 is 14.3 Å². The van der Waals surface area contributed by atoms with Crippen LogP contribution in [0, 0.1) is 0 Å². The maximum atomic E-state index is 12.9. The number of aromatic amines is 1. The van der Waals surface area contributed by atoms with Crippen molar-refractivity contribution >= 4 is 5.91 Å². The maximum Gasteiger partial charge on any atom is 0.259 e. The molecule has 2 fully saturated rings. The van der Waals surface area contributed by atoms with Gasteiger partial charge in [0.1, 0.15) is 11.4 Å². The zero-order chi connectivity index (χ0) is 18.1. The molecule has 3 heterocycles. The third-order valence-electron chi connectivity index (χ3n) is 5.10. The van der Waals surface area contributed by atoms with Gasteiger partial charge >= 0.3 is 0 Å². The fraction of sp³-hybridized carbons (Fsp3) is 0.556. The van der Waals surface area contributed by atoms with Gasteiger partial charge in [0.15, 0.2) is 5.82 Å². The third kappa shape index (κ3) is 3.23. The molecule has 0 aromatic carbocycles. The van der Waals surface area contributed by atoms with E-state index >= 15 is 0 Å². The van der Waals surface area contributed by atoms with Crippen molar-refractivity contribution in [1.82, 2.24) is 25.1 Å². The summed E-state index contributed by atoms with van der Waals surface area (Å²) in [7, 11) is 3.04. The second kappa shape index (κ2) is 6.93. The molecule has 0 spiro atoms. The summed E-state index contributed by atoms with van der Waals surface area (Å²) in [5, 5.41) is 7.44. The molecule has 0 radical (unpaired) electrons. The summed E-state index contributed by atoms with van der Waals surface area (Å²) in [6.45, 7) is 1.36. The van der Waals surface area contributed by atoms with Crippen LogP contribution in [0.2, 0.25) is 0 Å². The van der Waals surface area contributed by atoms with Crippen LogP contribution in [-0.4, -0.2) is 58.3 Å². The van der Waals surface area contributed by atoms with E-state index in [4.69, 9.17) is 9.47 Å². The number of H-pyrrole nitrogens is 1. The Hall–Kier alpha value is -2.64. The molecular formula is C18H23N5O3.